The summed E-state index contributed by atoms with van der Waals surface area (Å²) in [5, 5.41) is 2.81. The number of benzene rings is 4. The molecule has 0 spiro atoms. The third-order valence-corrected chi connectivity index (χ3v) is 8.65. The van der Waals surface area contributed by atoms with Crippen LogP contribution in [0.3, 0.4) is 0 Å². The van der Waals surface area contributed by atoms with E-state index in [4.69, 9.17) is 18.9 Å². The third kappa shape index (κ3) is 5.87. The molecule has 1 aliphatic rings. The minimum atomic E-state index is -1.65. The number of nitrogens with one attached hydrogen (secondary N) is 1. The largest absolute Gasteiger partial charge is 0.497 e. The Labute approximate surface area is 282 Å². The van der Waals surface area contributed by atoms with Crippen molar-refractivity contribution in [3.8, 4) is 11.5 Å². The highest BCUT2D eigenvalue weighted by molar-refractivity contribution is 6.06. The SMILES string of the molecule is [CH2][C@H]1O[C@@H](n2cnc3c(NC(=O)c4ccccc4)ncnc32)[C@H](OC(c2ccccc2)(c2ccc(OC)cc2)c2ccc(OC)cc2)[C@H]1F. The van der Waals surface area contributed by atoms with Crippen molar-refractivity contribution in [2.45, 2.75) is 30.2 Å². The minimum Gasteiger partial charge on any atom is -0.497 e. The molecule has 49 heavy (non-hydrogen) atoms. The summed E-state index contributed by atoms with van der Waals surface area (Å²) in [5.41, 5.74) is 1.96. The number of amides is 1. The van der Waals surface area contributed by atoms with Crippen LogP contribution < -0.4 is 14.8 Å². The van der Waals surface area contributed by atoms with Crippen molar-refractivity contribution in [3.05, 3.63) is 151 Å². The molecule has 0 unspecified atom stereocenters. The molecule has 1 radical (unpaired) electrons. The van der Waals surface area contributed by atoms with Gasteiger partial charge in [-0.1, -0.05) is 72.8 Å². The number of aromatic nitrogens is 4. The molecular weight excluding hydrogens is 625 g/mol. The van der Waals surface area contributed by atoms with Crippen molar-refractivity contribution in [2.24, 2.45) is 0 Å². The van der Waals surface area contributed by atoms with Gasteiger partial charge in [-0.15, -0.1) is 0 Å². The summed E-state index contributed by atoms with van der Waals surface area (Å²) in [6, 6.07) is 33.3. The zero-order chi connectivity index (χ0) is 34.0. The number of methoxy groups -OCH3 is 2. The number of hydrogen-bond donors (Lipinski definition) is 1. The van der Waals surface area contributed by atoms with Crippen LogP contribution in [0.5, 0.6) is 11.5 Å². The fourth-order valence-electron chi connectivity index (χ4n) is 6.18. The van der Waals surface area contributed by atoms with E-state index in [1.54, 1.807) is 43.1 Å². The van der Waals surface area contributed by atoms with Crippen LogP contribution in [-0.2, 0) is 15.1 Å². The molecule has 2 aromatic heterocycles. The van der Waals surface area contributed by atoms with E-state index in [2.05, 4.69) is 27.2 Å². The van der Waals surface area contributed by atoms with E-state index < -0.39 is 30.2 Å². The van der Waals surface area contributed by atoms with Crippen LogP contribution in [0.1, 0.15) is 33.3 Å². The van der Waals surface area contributed by atoms with Crippen molar-refractivity contribution < 1.29 is 28.1 Å². The molecule has 247 valence electrons. The van der Waals surface area contributed by atoms with Crippen molar-refractivity contribution >= 4 is 22.9 Å². The smallest absolute Gasteiger partial charge is 0.256 e. The number of halogens is 1. The molecule has 1 fully saturated rings. The Morgan fingerprint density at radius 1 is 0.816 bits per heavy atom. The number of nitrogens with zero attached hydrogens (tertiary/aromatic N) is 4. The molecule has 4 atom stereocenters. The number of ether oxygens (including phenoxy) is 4. The summed E-state index contributed by atoms with van der Waals surface area (Å²) >= 11 is 0. The zero-order valence-electron chi connectivity index (χ0n) is 26.8. The van der Waals surface area contributed by atoms with Crippen molar-refractivity contribution in [1.82, 2.24) is 19.5 Å². The van der Waals surface area contributed by atoms with Crippen LogP contribution in [0.2, 0.25) is 0 Å². The van der Waals surface area contributed by atoms with Crippen LogP contribution in [0.15, 0.2) is 122 Å². The summed E-state index contributed by atoms with van der Waals surface area (Å²) < 4.78 is 42.3. The van der Waals surface area contributed by atoms with Gasteiger partial charge in [-0.05, 0) is 60.0 Å². The van der Waals surface area contributed by atoms with Crippen molar-refractivity contribution in [1.29, 1.82) is 0 Å². The van der Waals surface area contributed by atoms with E-state index in [1.165, 1.54) is 12.7 Å². The fourth-order valence-corrected chi connectivity index (χ4v) is 6.18. The summed E-state index contributed by atoms with van der Waals surface area (Å²) in [6.07, 6.45) is -2.19. The number of carbonyl (C=O) groups is 1. The van der Waals surface area contributed by atoms with Crippen molar-refractivity contribution in [3.63, 3.8) is 0 Å². The van der Waals surface area contributed by atoms with Crippen LogP contribution in [0, 0.1) is 6.92 Å². The van der Waals surface area contributed by atoms with Gasteiger partial charge in [0, 0.05) is 5.56 Å². The van der Waals surface area contributed by atoms with Crippen LogP contribution in [0.4, 0.5) is 10.2 Å². The Bertz CT molecular complexity index is 1990. The van der Waals surface area contributed by atoms with Gasteiger partial charge in [-0.25, -0.2) is 19.3 Å². The first-order chi connectivity index (χ1) is 23.9. The second-order valence-corrected chi connectivity index (χ2v) is 11.5. The maximum absolute atomic E-state index is 16.5. The standard InChI is InChI=1S/C38H33FN5O5/c1-24-31(39)33(37(48-24)44-23-42-32-34(40-22-41-35(32)44)43-36(45)25-10-6-4-7-11-25)49-38(26-12-8-5-9-13-26,27-14-18-29(46-2)19-15-27)28-16-20-30(47-3)21-17-28/h4-24,31,33,37H,1H2,2-3H3,(H,40,41,43,45)/t24-,31+,33-,37-/m1/s1. The molecule has 4 aromatic carbocycles. The van der Waals surface area contributed by atoms with Gasteiger partial charge in [-0.2, -0.15) is 0 Å². The Morgan fingerprint density at radius 3 is 1.98 bits per heavy atom. The molecule has 0 aliphatic carbocycles. The highest BCUT2D eigenvalue weighted by atomic mass is 19.1. The van der Waals surface area contributed by atoms with E-state index >= 15 is 4.39 Å². The average Bonchev–Trinajstić information content (AvgIpc) is 3.71. The monoisotopic (exact) mass is 658 g/mol. The summed E-state index contributed by atoms with van der Waals surface area (Å²) in [7, 11) is 3.19. The van der Waals surface area contributed by atoms with Gasteiger partial charge in [0.05, 0.1) is 26.7 Å². The normalized spacial score (nSPS) is 19.1. The number of fused-ring (bicyclic) bond motifs is 1. The van der Waals surface area contributed by atoms with Gasteiger partial charge in [0.1, 0.15) is 29.5 Å². The second-order valence-electron chi connectivity index (χ2n) is 11.5. The Balaban J connectivity index is 1.34. The fraction of sp³-hybridized carbons (Fsp3) is 0.184. The number of hydrogen-bond acceptors (Lipinski definition) is 8. The Kier molecular flexibility index (Phi) is 8.77. The lowest BCUT2D eigenvalue weighted by molar-refractivity contribution is -0.113. The molecule has 6 aromatic rings. The quantitative estimate of drug-likeness (QED) is 0.165. The lowest BCUT2D eigenvalue weighted by atomic mass is 9.79. The maximum atomic E-state index is 16.5. The minimum absolute atomic E-state index is 0.200. The Hall–Kier alpha value is -5.65. The summed E-state index contributed by atoms with van der Waals surface area (Å²) in [5.74, 6) is 1.15. The summed E-state index contributed by atoms with van der Waals surface area (Å²) in [4.78, 5) is 26.2. The highest BCUT2D eigenvalue weighted by Crippen LogP contribution is 2.47. The molecule has 1 N–H and O–H groups in total. The number of anilines is 1. The first-order valence-corrected chi connectivity index (χ1v) is 15.6. The van der Waals surface area contributed by atoms with Crippen LogP contribution in [0.25, 0.3) is 11.2 Å². The summed E-state index contributed by atoms with van der Waals surface area (Å²) in [6.45, 7) is 3.96. The van der Waals surface area contributed by atoms with Gasteiger partial charge in [0.2, 0.25) is 0 Å². The average molecular weight is 659 g/mol. The third-order valence-electron chi connectivity index (χ3n) is 8.65. The molecule has 10 nitrogen and oxygen atoms in total. The molecule has 3 heterocycles. The van der Waals surface area contributed by atoms with Gasteiger partial charge in [0.25, 0.3) is 5.91 Å². The lowest BCUT2D eigenvalue weighted by Gasteiger charge is -2.39. The molecule has 7 rings (SSSR count). The predicted molar refractivity (Wildman–Crippen MR) is 181 cm³/mol. The molecular formula is C38H33FN5O5. The lowest BCUT2D eigenvalue weighted by Crippen LogP contribution is -2.42. The number of rotatable bonds is 10. The van der Waals surface area contributed by atoms with Crippen molar-refractivity contribution in [2.75, 3.05) is 19.5 Å². The highest BCUT2D eigenvalue weighted by Gasteiger charge is 2.51. The Morgan fingerprint density at radius 2 is 1.39 bits per heavy atom. The molecule has 11 heteroatoms. The first-order valence-electron chi connectivity index (χ1n) is 15.6. The van der Waals surface area contributed by atoms with E-state index in [1.807, 2.05) is 84.9 Å². The molecule has 0 bridgehead atoms. The molecule has 1 aliphatic heterocycles. The zero-order valence-corrected chi connectivity index (χ0v) is 26.8. The van der Waals surface area contributed by atoms with Gasteiger partial charge < -0.3 is 24.3 Å². The predicted octanol–water partition coefficient (Wildman–Crippen LogP) is 6.54. The van der Waals surface area contributed by atoms with Gasteiger partial charge in [0.15, 0.2) is 29.4 Å². The van der Waals surface area contributed by atoms with Crippen LogP contribution in [-0.4, -0.2) is 58.0 Å². The van der Waals surface area contributed by atoms with Gasteiger partial charge >= 0.3 is 0 Å². The first kappa shape index (κ1) is 31.9. The van der Waals surface area contributed by atoms with E-state index in [-0.39, 0.29) is 11.7 Å². The maximum Gasteiger partial charge on any atom is 0.256 e. The molecule has 1 saturated heterocycles. The van der Waals surface area contributed by atoms with Crippen LogP contribution >= 0.6 is 0 Å². The number of imidazole rings is 1. The number of carbonyl (C=O) groups excluding carboxylic acids is 1. The second kappa shape index (κ2) is 13.5. The molecule has 1 amide bonds. The van der Waals surface area contributed by atoms with E-state index in [0.29, 0.717) is 28.2 Å². The molecule has 0 saturated carbocycles. The van der Waals surface area contributed by atoms with E-state index in [9.17, 15) is 4.79 Å². The van der Waals surface area contributed by atoms with Gasteiger partial charge in [-0.3, -0.25) is 9.36 Å². The van der Waals surface area contributed by atoms with E-state index in [0.717, 1.165) is 16.7 Å². The topological polar surface area (TPSA) is 110 Å². The number of alkyl halides is 1.